The van der Waals surface area contributed by atoms with Crippen molar-refractivity contribution in [2.75, 3.05) is 26.6 Å². The topological polar surface area (TPSA) is 77.9 Å². The molecule has 0 aliphatic rings. The number of esters is 1. The first-order chi connectivity index (χ1) is 11.6. The van der Waals surface area contributed by atoms with E-state index in [1.807, 2.05) is 18.2 Å². The van der Waals surface area contributed by atoms with E-state index in [4.69, 9.17) is 9.47 Å². The smallest absolute Gasteiger partial charge is 0.337 e. The number of aliphatic hydroxyl groups excluding tert-OH is 1. The third-order valence-electron chi connectivity index (χ3n) is 3.08. The van der Waals surface area contributed by atoms with Crippen molar-refractivity contribution in [1.29, 1.82) is 0 Å². The van der Waals surface area contributed by atoms with Gasteiger partial charge in [0.05, 0.1) is 30.9 Å². The summed E-state index contributed by atoms with van der Waals surface area (Å²) in [6.45, 7) is 0.105. The first kappa shape index (κ1) is 18.1. The number of ether oxygens (including phenoxy) is 3. The highest BCUT2D eigenvalue weighted by Crippen LogP contribution is 2.28. The molecule has 1 heterocycles. The molecule has 0 unspecified atom stereocenters. The molecule has 128 valence electrons. The average Bonchev–Trinajstić information content (AvgIpc) is 2.64. The molecule has 0 amide bonds. The van der Waals surface area contributed by atoms with Crippen LogP contribution in [0.2, 0.25) is 0 Å². The maximum absolute atomic E-state index is 11.5. The molecule has 1 aromatic carbocycles. The lowest BCUT2D eigenvalue weighted by Crippen LogP contribution is -2.20. The number of aromatic nitrogens is 1. The largest absolute Gasteiger partial charge is 0.493 e. The lowest BCUT2D eigenvalue weighted by atomic mass is 10.2. The molecule has 0 aliphatic carbocycles. The number of benzene rings is 1. The van der Waals surface area contributed by atoms with E-state index in [-0.39, 0.29) is 6.61 Å². The summed E-state index contributed by atoms with van der Waals surface area (Å²) >= 11 is 1.45. The summed E-state index contributed by atoms with van der Waals surface area (Å²) in [5.41, 5.74) is 0.368. The number of thioether (sulfide) groups is 1. The van der Waals surface area contributed by atoms with Crippen LogP contribution >= 0.6 is 11.8 Å². The van der Waals surface area contributed by atoms with E-state index in [1.165, 1.54) is 32.0 Å². The molecule has 2 rings (SSSR count). The molecule has 0 spiro atoms. The number of aliphatic hydroxyl groups is 1. The van der Waals surface area contributed by atoms with Gasteiger partial charge in [0.15, 0.2) is 11.5 Å². The molecule has 0 bridgehead atoms. The molecule has 0 radical (unpaired) electrons. The second kappa shape index (κ2) is 9.14. The standard InChI is InChI=1S/C17H19NO5S/c1-21-15-9-12(17(20)22-2)6-7-14(15)23-10-13(19)11-24-16-5-3-4-8-18-16/h3-9,13,19H,10-11H2,1-2H3/t13-/m0/s1. The Morgan fingerprint density at radius 3 is 2.75 bits per heavy atom. The van der Waals surface area contributed by atoms with Crippen molar-refractivity contribution in [3.63, 3.8) is 0 Å². The summed E-state index contributed by atoms with van der Waals surface area (Å²) in [6.07, 6.45) is 1.04. The lowest BCUT2D eigenvalue weighted by Gasteiger charge is -2.14. The summed E-state index contributed by atoms with van der Waals surface area (Å²) < 4.78 is 15.5. The van der Waals surface area contributed by atoms with E-state index in [9.17, 15) is 9.90 Å². The average molecular weight is 349 g/mol. The summed E-state index contributed by atoms with van der Waals surface area (Å²) in [6, 6.07) is 10.4. The number of hydrogen-bond donors (Lipinski definition) is 1. The van der Waals surface area contributed by atoms with Gasteiger partial charge in [0.1, 0.15) is 6.61 Å². The zero-order valence-electron chi connectivity index (χ0n) is 13.5. The molecule has 0 saturated carbocycles. The maximum Gasteiger partial charge on any atom is 0.337 e. The highest BCUT2D eigenvalue weighted by atomic mass is 32.2. The molecule has 1 N–H and O–H groups in total. The zero-order valence-corrected chi connectivity index (χ0v) is 14.3. The first-order valence-corrected chi connectivity index (χ1v) is 8.23. The van der Waals surface area contributed by atoms with E-state index in [0.717, 1.165) is 5.03 Å². The Morgan fingerprint density at radius 1 is 1.25 bits per heavy atom. The fourth-order valence-corrected chi connectivity index (χ4v) is 2.65. The molecule has 2 aromatic rings. The van der Waals surface area contributed by atoms with E-state index in [0.29, 0.717) is 22.8 Å². The van der Waals surface area contributed by atoms with Gasteiger partial charge in [0.2, 0.25) is 0 Å². The van der Waals surface area contributed by atoms with Gasteiger partial charge in [-0.25, -0.2) is 9.78 Å². The quantitative estimate of drug-likeness (QED) is 0.579. The molecular formula is C17H19NO5S. The zero-order chi connectivity index (χ0) is 17.4. The van der Waals surface area contributed by atoms with Gasteiger partial charge >= 0.3 is 5.97 Å². The fourth-order valence-electron chi connectivity index (χ4n) is 1.88. The van der Waals surface area contributed by atoms with Crippen molar-refractivity contribution in [2.45, 2.75) is 11.1 Å². The predicted molar refractivity (Wildman–Crippen MR) is 90.8 cm³/mol. The van der Waals surface area contributed by atoms with Crippen molar-refractivity contribution in [3.8, 4) is 11.5 Å². The minimum absolute atomic E-state index is 0.105. The van der Waals surface area contributed by atoms with Gasteiger partial charge < -0.3 is 19.3 Å². The molecular weight excluding hydrogens is 330 g/mol. The molecule has 0 saturated heterocycles. The van der Waals surface area contributed by atoms with Gasteiger partial charge in [-0.3, -0.25) is 0 Å². The number of rotatable bonds is 8. The summed E-state index contributed by atoms with van der Waals surface area (Å²) in [4.78, 5) is 15.7. The van der Waals surface area contributed by atoms with Crippen LogP contribution in [0.4, 0.5) is 0 Å². The van der Waals surface area contributed by atoms with Gasteiger partial charge in [-0.2, -0.15) is 0 Å². The Morgan fingerprint density at radius 2 is 2.08 bits per heavy atom. The van der Waals surface area contributed by atoms with Crippen molar-refractivity contribution in [3.05, 3.63) is 48.2 Å². The highest BCUT2D eigenvalue weighted by molar-refractivity contribution is 7.99. The van der Waals surface area contributed by atoms with Gasteiger partial charge in [0.25, 0.3) is 0 Å². The van der Waals surface area contributed by atoms with Crippen molar-refractivity contribution in [1.82, 2.24) is 4.98 Å². The van der Waals surface area contributed by atoms with E-state index in [1.54, 1.807) is 18.3 Å². The molecule has 1 aromatic heterocycles. The minimum Gasteiger partial charge on any atom is -0.493 e. The number of carbonyl (C=O) groups is 1. The van der Waals surface area contributed by atoms with Crippen LogP contribution in [0.15, 0.2) is 47.6 Å². The fraction of sp³-hybridized carbons (Fsp3) is 0.294. The van der Waals surface area contributed by atoms with Gasteiger partial charge in [0, 0.05) is 11.9 Å². The van der Waals surface area contributed by atoms with Crippen molar-refractivity contribution >= 4 is 17.7 Å². The Bertz CT molecular complexity index is 665. The lowest BCUT2D eigenvalue weighted by molar-refractivity contribution is 0.0600. The Balaban J connectivity index is 1.89. The molecule has 24 heavy (non-hydrogen) atoms. The van der Waals surface area contributed by atoms with Crippen LogP contribution in [-0.2, 0) is 4.74 Å². The normalized spacial score (nSPS) is 11.6. The van der Waals surface area contributed by atoms with E-state index < -0.39 is 12.1 Å². The van der Waals surface area contributed by atoms with Gasteiger partial charge in [-0.15, -0.1) is 11.8 Å². The minimum atomic E-state index is -0.665. The number of hydrogen-bond acceptors (Lipinski definition) is 7. The van der Waals surface area contributed by atoms with Crippen LogP contribution in [0.3, 0.4) is 0 Å². The SMILES string of the molecule is COC(=O)c1ccc(OC[C@H](O)CSc2ccccn2)c(OC)c1. The van der Waals surface area contributed by atoms with Crippen LogP contribution in [0.1, 0.15) is 10.4 Å². The number of methoxy groups -OCH3 is 2. The third kappa shape index (κ3) is 5.14. The van der Waals surface area contributed by atoms with Crippen LogP contribution in [-0.4, -0.2) is 48.7 Å². The third-order valence-corrected chi connectivity index (χ3v) is 4.17. The Kier molecular flexibility index (Phi) is 6.89. The molecule has 6 nitrogen and oxygen atoms in total. The maximum atomic E-state index is 11.5. The second-order valence-electron chi connectivity index (χ2n) is 4.80. The van der Waals surface area contributed by atoms with E-state index in [2.05, 4.69) is 9.72 Å². The summed E-state index contributed by atoms with van der Waals surface area (Å²) in [5.74, 6) is 0.862. The van der Waals surface area contributed by atoms with Gasteiger partial charge in [-0.1, -0.05) is 6.07 Å². The van der Waals surface area contributed by atoms with Crippen LogP contribution in [0, 0.1) is 0 Å². The van der Waals surface area contributed by atoms with Gasteiger partial charge in [-0.05, 0) is 30.3 Å². The monoisotopic (exact) mass is 349 g/mol. The number of pyridine rings is 1. The van der Waals surface area contributed by atoms with Crippen LogP contribution < -0.4 is 9.47 Å². The number of carbonyl (C=O) groups excluding carboxylic acids is 1. The molecule has 0 fully saturated rings. The molecule has 0 aliphatic heterocycles. The molecule has 7 heteroatoms. The van der Waals surface area contributed by atoms with Crippen LogP contribution in [0.25, 0.3) is 0 Å². The van der Waals surface area contributed by atoms with Crippen molar-refractivity contribution < 1.29 is 24.1 Å². The summed E-state index contributed by atoms with van der Waals surface area (Å²) in [7, 11) is 2.80. The molecule has 1 atom stereocenters. The predicted octanol–water partition coefficient (Wildman–Crippen LogP) is 2.41. The van der Waals surface area contributed by atoms with Crippen molar-refractivity contribution in [2.24, 2.45) is 0 Å². The Labute approximate surface area is 144 Å². The number of nitrogens with zero attached hydrogens (tertiary/aromatic N) is 1. The Hall–Kier alpha value is -2.25. The first-order valence-electron chi connectivity index (χ1n) is 7.25. The second-order valence-corrected chi connectivity index (χ2v) is 5.84. The van der Waals surface area contributed by atoms with Crippen LogP contribution in [0.5, 0.6) is 11.5 Å². The summed E-state index contributed by atoms with van der Waals surface area (Å²) in [5, 5.41) is 10.9. The highest BCUT2D eigenvalue weighted by Gasteiger charge is 2.13. The van der Waals surface area contributed by atoms with E-state index >= 15 is 0 Å².